The average molecular weight is 329 g/mol. The van der Waals surface area contributed by atoms with Gasteiger partial charge in [-0.25, -0.2) is 4.68 Å². The number of carbonyl (C=O) groups excluding carboxylic acids is 1. The van der Waals surface area contributed by atoms with Gasteiger partial charge in [0.15, 0.2) is 5.69 Å². The maximum absolute atomic E-state index is 12.7. The number of nitro benzene ring substituents is 1. The zero-order valence-corrected chi connectivity index (χ0v) is 13.5. The predicted molar refractivity (Wildman–Crippen MR) is 87.1 cm³/mol. The molecule has 1 aliphatic heterocycles. The van der Waals surface area contributed by atoms with Crippen molar-refractivity contribution in [1.29, 1.82) is 0 Å². The van der Waals surface area contributed by atoms with Crippen LogP contribution in [0.25, 0.3) is 5.69 Å². The number of carbonyl (C=O) groups is 1. The zero-order valence-electron chi connectivity index (χ0n) is 13.5. The molecule has 0 saturated carbocycles. The van der Waals surface area contributed by atoms with E-state index < -0.39 is 4.92 Å². The van der Waals surface area contributed by atoms with Gasteiger partial charge in [0.05, 0.1) is 16.3 Å². The van der Waals surface area contributed by atoms with Gasteiger partial charge in [0, 0.05) is 25.2 Å². The Bertz CT molecular complexity index is 763. The van der Waals surface area contributed by atoms with Crippen molar-refractivity contribution in [3.63, 3.8) is 0 Å². The summed E-state index contributed by atoms with van der Waals surface area (Å²) in [4.78, 5) is 25.0. The van der Waals surface area contributed by atoms with Crippen LogP contribution in [0.15, 0.2) is 24.3 Å². The standard InChI is InChI=1S/C16H19N5O3/c1-12-15(16(22)19-9-4-2-3-5-10-19)17-18-20(12)13-7-6-8-14(11-13)21(23)24/h6-8,11H,2-5,9-10H2,1H3. The highest BCUT2D eigenvalue weighted by molar-refractivity contribution is 5.93. The van der Waals surface area contributed by atoms with E-state index in [4.69, 9.17) is 0 Å². The van der Waals surface area contributed by atoms with E-state index in [0.717, 1.165) is 38.8 Å². The van der Waals surface area contributed by atoms with Gasteiger partial charge in [0.2, 0.25) is 0 Å². The number of nitro groups is 1. The third kappa shape index (κ3) is 3.12. The molecule has 0 spiro atoms. The first-order chi connectivity index (χ1) is 11.6. The van der Waals surface area contributed by atoms with Crippen LogP contribution in [0.5, 0.6) is 0 Å². The van der Waals surface area contributed by atoms with Crippen LogP contribution in [0.4, 0.5) is 5.69 Å². The molecule has 8 heteroatoms. The van der Waals surface area contributed by atoms with Gasteiger partial charge in [-0.3, -0.25) is 14.9 Å². The Morgan fingerprint density at radius 1 is 1.21 bits per heavy atom. The van der Waals surface area contributed by atoms with Crippen molar-refractivity contribution in [2.45, 2.75) is 32.6 Å². The highest BCUT2D eigenvalue weighted by atomic mass is 16.6. The van der Waals surface area contributed by atoms with Crippen molar-refractivity contribution in [3.05, 3.63) is 45.8 Å². The molecular formula is C16H19N5O3. The van der Waals surface area contributed by atoms with Crippen LogP contribution >= 0.6 is 0 Å². The third-order valence-corrected chi connectivity index (χ3v) is 4.28. The summed E-state index contributed by atoms with van der Waals surface area (Å²) in [6, 6.07) is 6.13. The van der Waals surface area contributed by atoms with E-state index in [9.17, 15) is 14.9 Å². The molecule has 0 atom stereocenters. The van der Waals surface area contributed by atoms with Gasteiger partial charge in [0.1, 0.15) is 0 Å². The summed E-state index contributed by atoms with van der Waals surface area (Å²) in [7, 11) is 0. The Morgan fingerprint density at radius 2 is 1.92 bits per heavy atom. The monoisotopic (exact) mass is 329 g/mol. The molecule has 0 N–H and O–H groups in total. The summed E-state index contributed by atoms with van der Waals surface area (Å²) in [6.07, 6.45) is 4.29. The number of hydrogen-bond donors (Lipinski definition) is 0. The molecule has 2 aromatic rings. The first-order valence-corrected chi connectivity index (χ1v) is 8.04. The van der Waals surface area contributed by atoms with Gasteiger partial charge in [-0.1, -0.05) is 24.1 Å². The fourth-order valence-electron chi connectivity index (χ4n) is 2.93. The summed E-state index contributed by atoms with van der Waals surface area (Å²) in [5, 5.41) is 19.0. The number of rotatable bonds is 3. The summed E-state index contributed by atoms with van der Waals surface area (Å²) in [5.74, 6) is -0.119. The number of hydrogen-bond acceptors (Lipinski definition) is 5. The lowest BCUT2D eigenvalue weighted by molar-refractivity contribution is -0.384. The molecule has 1 saturated heterocycles. The SMILES string of the molecule is Cc1c(C(=O)N2CCCCCC2)nnn1-c1cccc([N+](=O)[O-])c1. The molecule has 0 aliphatic carbocycles. The first kappa shape index (κ1) is 16.1. The van der Waals surface area contributed by atoms with E-state index in [1.54, 1.807) is 19.1 Å². The van der Waals surface area contributed by atoms with Gasteiger partial charge < -0.3 is 4.90 Å². The maximum atomic E-state index is 12.7. The molecule has 24 heavy (non-hydrogen) atoms. The minimum absolute atomic E-state index is 0.0252. The number of nitrogens with zero attached hydrogens (tertiary/aromatic N) is 5. The third-order valence-electron chi connectivity index (χ3n) is 4.28. The van der Waals surface area contributed by atoms with Crippen molar-refractivity contribution >= 4 is 11.6 Å². The van der Waals surface area contributed by atoms with Crippen LogP contribution in [-0.2, 0) is 0 Å². The molecule has 8 nitrogen and oxygen atoms in total. The first-order valence-electron chi connectivity index (χ1n) is 8.04. The second-order valence-corrected chi connectivity index (χ2v) is 5.92. The van der Waals surface area contributed by atoms with E-state index in [-0.39, 0.29) is 11.6 Å². The lowest BCUT2D eigenvalue weighted by Gasteiger charge is -2.19. The quantitative estimate of drug-likeness (QED) is 0.637. The Balaban J connectivity index is 1.89. The predicted octanol–water partition coefficient (Wildman–Crippen LogP) is 2.50. The molecule has 0 unspecified atom stereocenters. The summed E-state index contributed by atoms with van der Waals surface area (Å²) in [5.41, 5.74) is 1.39. The van der Waals surface area contributed by atoms with Gasteiger partial charge in [-0.15, -0.1) is 5.10 Å². The van der Waals surface area contributed by atoms with Crippen LogP contribution in [0.2, 0.25) is 0 Å². The van der Waals surface area contributed by atoms with Gasteiger partial charge in [0.25, 0.3) is 11.6 Å². The van der Waals surface area contributed by atoms with E-state index in [1.807, 2.05) is 4.90 Å². The molecule has 1 aromatic carbocycles. The Morgan fingerprint density at radius 3 is 2.58 bits per heavy atom. The molecule has 1 aromatic heterocycles. The highest BCUT2D eigenvalue weighted by Crippen LogP contribution is 2.20. The van der Waals surface area contributed by atoms with Gasteiger partial charge >= 0.3 is 0 Å². The molecule has 1 fully saturated rings. The van der Waals surface area contributed by atoms with Crippen LogP contribution in [0, 0.1) is 17.0 Å². The van der Waals surface area contributed by atoms with Gasteiger partial charge in [-0.05, 0) is 25.8 Å². The lowest BCUT2D eigenvalue weighted by atomic mass is 10.2. The normalized spacial score (nSPS) is 15.1. The maximum Gasteiger partial charge on any atom is 0.276 e. The molecule has 2 heterocycles. The molecule has 3 rings (SSSR count). The van der Waals surface area contributed by atoms with E-state index in [2.05, 4.69) is 10.3 Å². The van der Waals surface area contributed by atoms with Crippen molar-refractivity contribution in [2.75, 3.05) is 13.1 Å². The van der Waals surface area contributed by atoms with E-state index >= 15 is 0 Å². The molecule has 126 valence electrons. The average Bonchev–Trinajstić information content (AvgIpc) is 2.79. The highest BCUT2D eigenvalue weighted by Gasteiger charge is 2.24. The fourth-order valence-corrected chi connectivity index (χ4v) is 2.93. The molecule has 1 aliphatic rings. The van der Waals surface area contributed by atoms with Crippen molar-refractivity contribution in [3.8, 4) is 5.69 Å². The summed E-state index contributed by atoms with van der Waals surface area (Å²) >= 11 is 0. The number of amides is 1. The van der Waals surface area contributed by atoms with Crippen LogP contribution in [-0.4, -0.2) is 43.8 Å². The smallest absolute Gasteiger partial charge is 0.276 e. The Hall–Kier alpha value is -2.77. The summed E-state index contributed by atoms with van der Waals surface area (Å²) in [6.45, 7) is 3.23. The number of non-ortho nitro benzene ring substituents is 1. The van der Waals surface area contributed by atoms with Crippen molar-refractivity contribution in [2.24, 2.45) is 0 Å². The van der Waals surface area contributed by atoms with E-state index in [0.29, 0.717) is 17.1 Å². The minimum atomic E-state index is -0.459. The molecule has 0 radical (unpaired) electrons. The number of aromatic nitrogens is 3. The Kier molecular flexibility index (Phi) is 4.54. The fraction of sp³-hybridized carbons (Fsp3) is 0.438. The number of benzene rings is 1. The van der Waals surface area contributed by atoms with Crippen molar-refractivity contribution < 1.29 is 9.72 Å². The molecular weight excluding hydrogens is 310 g/mol. The van der Waals surface area contributed by atoms with Crippen LogP contribution in [0.1, 0.15) is 41.9 Å². The van der Waals surface area contributed by atoms with Crippen molar-refractivity contribution in [1.82, 2.24) is 19.9 Å². The van der Waals surface area contributed by atoms with Crippen LogP contribution in [0.3, 0.4) is 0 Å². The molecule has 0 bridgehead atoms. The second-order valence-electron chi connectivity index (χ2n) is 5.92. The van der Waals surface area contributed by atoms with E-state index in [1.165, 1.54) is 16.8 Å². The van der Waals surface area contributed by atoms with Crippen LogP contribution < -0.4 is 0 Å². The number of likely N-dealkylation sites (tertiary alicyclic amines) is 1. The largest absolute Gasteiger partial charge is 0.337 e. The second kappa shape index (κ2) is 6.77. The Labute approximate surface area is 139 Å². The minimum Gasteiger partial charge on any atom is -0.337 e. The van der Waals surface area contributed by atoms with Gasteiger partial charge in [-0.2, -0.15) is 0 Å². The molecule has 1 amide bonds. The topological polar surface area (TPSA) is 94.2 Å². The lowest BCUT2D eigenvalue weighted by Crippen LogP contribution is -2.32. The zero-order chi connectivity index (χ0) is 17.1. The summed E-state index contributed by atoms with van der Waals surface area (Å²) < 4.78 is 1.47.